The van der Waals surface area contributed by atoms with Crippen molar-refractivity contribution in [3.63, 3.8) is 0 Å². The molecule has 0 bridgehead atoms. The van der Waals surface area contributed by atoms with E-state index in [0.29, 0.717) is 0 Å². The van der Waals surface area contributed by atoms with Gasteiger partial charge in [0.1, 0.15) is 0 Å². The van der Waals surface area contributed by atoms with Crippen molar-refractivity contribution in [2.75, 3.05) is 7.11 Å². The fourth-order valence-electron chi connectivity index (χ4n) is 2.27. The van der Waals surface area contributed by atoms with E-state index >= 15 is 0 Å². The zero-order valence-corrected chi connectivity index (χ0v) is 15.1. The van der Waals surface area contributed by atoms with Gasteiger partial charge < -0.3 is 0 Å². The molecule has 1 nitrogen and oxygen atoms in total. The summed E-state index contributed by atoms with van der Waals surface area (Å²) < 4.78 is 13.0. The van der Waals surface area contributed by atoms with Crippen molar-refractivity contribution < 1.29 is 4.74 Å². The molecule has 0 aromatic carbocycles. The molecule has 0 saturated carbocycles. The van der Waals surface area contributed by atoms with Gasteiger partial charge in [-0.25, -0.2) is 0 Å². The van der Waals surface area contributed by atoms with Gasteiger partial charge in [0.2, 0.25) is 0 Å². The summed E-state index contributed by atoms with van der Waals surface area (Å²) in [6.45, 7) is 6.88. The number of methoxy groups -OCH3 is 1. The van der Waals surface area contributed by atoms with Gasteiger partial charge in [0.25, 0.3) is 0 Å². The van der Waals surface area contributed by atoms with E-state index in [-0.39, 0.29) is 0 Å². The van der Waals surface area contributed by atoms with E-state index < -0.39 is 18.4 Å². The van der Waals surface area contributed by atoms with E-state index in [4.69, 9.17) is 4.74 Å². The Morgan fingerprint density at radius 3 is 1.53 bits per heavy atom. The van der Waals surface area contributed by atoms with Crippen molar-refractivity contribution in [2.45, 2.75) is 72.6 Å². The molecule has 0 N–H and O–H groups in total. The third-order valence-corrected chi connectivity index (χ3v) is 16.5. The molecule has 0 unspecified atom stereocenters. The third kappa shape index (κ3) is 7.97. The first-order valence-corrected chi connectivity index (χ1v) is 14.8. The minimum atomic E-state index is -2.18. The average Bonchev–Trinajstić information content (AvgIpc) is 2.37. The van der Waals surface area contributed by atoms with Crippen LogP contribution < -0.4 is 0 Å². The molecule has 0 aliphatic heterocycles. The molecule has 0 saturated heterocycles. The third-order valence-electron chi connectivity index (χ3n) is 3.44. The van der Waals surface area contributed by atoms with Crippen LogP contribution in [0.15, 0.2) is 0 Å². The number of hydrogen-bond acceptors (Lipinski definition) is 1. The molecule has 0 rings (SSSR count). The van der Waals surface area contributed by atoms with Crippen LogP contribution in [-0.4, -0.2) is 25.5 Å². The van der Waals surface area contributed by atoms with Crippen molar-refractivity contribution in [1.29, 1.82) is 0 Å². The first kappa shape index (κ1) is 17.2. The molecule has 0 spiro atoms. The summed E-state index contributed by atoms with van der Waals surface area (Å²) in [7, 11) is 1.70. The summed E-state index contributed by atoms with van der Waals surface area (Å²) in [4.78, 5) is 0. The molecule has 2 heteroatoms. The van der Waals surface area contributed by atoms with Crippen molar-refractivity contribution in [3.05, 3.63) is 0 Å². The van der Waals surface area contributed by atoms with Crippen molar-refractivity contribution in [3.8, 4) is 10.0 Å². The topological polar surface area (TPSA) is 9.23 Å². The molecule has 0 aromatic rings. The second kappa shape index (κ2) is 11.3. The molecule has 0 atom stereocenters. The van der Waals surface area contributed by atoms with E-state index in [1.54, 1.807) is 7.11 Å². The van der Waals surface area contributed by atoms with Gasteiger partial charge in [-0.3, -0.25) is 0 Å². The van der Waals surface area contributed by atoms with E-state index in [1.165, 1.54) is 51.8 Å². The Morgan fingerprint density at radius 2 is 1.24 bits per heavy atom. The Balaban J connectivity index is 4.63. The second-order valence-electron chi connectivity index (χ2n) is 5.02. The predicted octanol–water partition coefficient (Wildman–Crippen LogP) is 4.98. The van der Waals surface area contributed by atoms with Gasteiger partial charge in [-0.1, -0.05) is 0 Å². The standard InChI is InChI=1S/3C4H9.C3H3O.Sn/c4*1-3-4-2;/h3*1,3-4H2,2H3;2H3;. The van der Waals surface area contributed by atoms with Crippen LogP contribution in [-0.2, 0) is 4.74 Å². The zero-order chi connectivity index (χ0) is 13.0. The number of rotatable bonds is 9. The average molecular weight is 345 g/mol. The molecule has 0 heterocycles. The molecule has 0 fully saturated rings. The molecule has 0 aliphatic rings. The number of hydrogen-bond donors (Lipinski definition) is 0. The SMILES string of the molecule is CCC[CH2][Sn]([C]#COC)([CH2]CCC)[CH2]CCC. The van der Waals surface area contributed by atoms with Gasteiger partial charge in [-0.05, 0) is 0 Å². The monoisotopic (exact) mass is 346 g/mol. The van der Waals surface area contributed by atoms with Gasteiger partial charge in [0, 0.05) is 0 Å². The fraction of sp³-hybridized carbons (Fsp3) is 0.867. The van der Waals surface area contributed by atoms with Crippen LogP contribution in [0, 0.1) is 10.0 Å². The van der Waals surface area contributed by atoms with Gasteiger partial charge in [-0.15, -0.1) is 0 Å². The minimum absolute atomic E-state index is 1.31. The van der Waals surface area contributed by atoms with E-state index in [2.05, 4.69) is 30.8 Å². The molecule has 17 heavy (non-hydrogen) atoms. The predicted molar refractivity (Wildman–Crippen MR) is 79.7 cm³/mol. The van der Waals surface area contributed by atoms with Crippen LogP contribution in [0.5, 0.6) is 0 Å². The summed E-state index contributed by atoms with van der Waals surface area (Å²) in [5.74, 6) is 0. The Morgan fingerprint density at radius 1 is 0.824 bits per heavy atom. The summed E-state index contributed by atoms with van der Waals surface area (Å²) in [6.07, 6.45) is 11.0. The molecular weight excluding hydrogens is 315 g/mol. The molecule has 0 amide bonds. The maximum absolute atomic E-state index is 5.03. The first-order chi connectivity index (χ1) is 8.24. The summed E-state index contributed by atoms with van der Waals surface area (Å²) in [5, 5.41) is 0. The Kier molecular flexibility index (Phi) is 11.4. The Hall–Kier alpha value is 0.159. The molecule has 0 aliphatic carbocycles. The van der Waals surface area contributed by atoms with Gasteiger partial charge >= 0.3 is 113 Å². The van der Waals surface area contributed by atoms with Crippen LogP contribution in [0.1, 0.15) is 59.3 Å². The summed E-state index contributed by atoms with van der Waals surface area (Å²) >= 11 is -2.18. The quantitative estimate of drug-likeness (QED) is 0.423. The second-order valence-corrected chi connectivity index (χ2v) is 17.3. The van der Waals surface area contributed by atoms with E-state index in [0.717, 1.165) is 0 Å². The van der Waals surface area contributed by atoms with Crippen LogP contribution >= 0.6 is 0 Å². The van der Waals surface area contributed by atoms with Gasteiger partial charge in [0.15, 0.2) is 0 Å². The number of unbranched alkanes of at least 4 members (excludes halogenated alkanes) is 3. The van der Waals surface area contributed by atoms with Gasteiger partial charge in [0.05, 0.1) is 0 Å². The first-order valence-electron chi connectivity index (χ1n) is 7.29. The van der Waals surface area contributed by atoms with Crippen molar-refractivity contribution in [2.24, 2.45) is 0 Å². The van der Waals surface area contributed by atoms with Crippen molar-refractivity contribution in [1.82, 2.24) is 0 Å². The summed E-state index contributed by atoms with van der Waals surface area (Å²) in [5.41, 5.74) is 0. The van der Waals surface area contributed by atoms with Crippen LogP contribution in [0.2, 0.25) is 13.3 Å². The van der Waals surface area contributed by atoms with E-state index in [9.17, 15) is 0 Å². The van der Waals surface area contributed by atoms with E-state index in [1.807, 2.05) is 0 Å². The zero-order valence-electron chi connectivity index (χ0n) is 12.3. The van der Waals surface area contributed by atoms with Crippen molar-refractivity contribution >= 4 is 18.4 Å². The maximum atomic E-state index is 5.03. The van der Waals surface area contributed by atoms with Crippen LogP contribution in [0.3, 0.4) is 0 Å². The Bertz CT molecular complexity index is 205. The van der Waals surface area contributed by atoms with Crippen LogP contribution in [0.4, 0.5) is 0 Å². The molecule has 0 radical (unpaired) electrons. The normalized spacial score (nSPS) is 10.8. The van der Waals surface area contributed by atoms with Crippen LogP contribution in [0.25, 0.3) is 0 Å². The fourth-order valence-corrected chi connectivity index (χ4v) is 15.2. The Labute approximate surface area is 113 Å². The van der Waals surface area contributed by atoms with Gasteiger partial charge in [-0.2, -0.15) is 0 Å². The molecule has 0 aromatic heterocycles. The number of ether oxygens (including phenoxy) is 1. The molecule has 100 valence electrons. The summed E-state index contributed by atoms with van der Waals surface area (Å²) in [6, 6.07) is 0. The molecular formula is C15H30OSn.